The van der Waals surface area contributed by atoms with Crippen molar-refractivity contribution in [3.05, 3.63) is 84.4 Å². The fourth-order valence-electron chi connectivity index (χ4n) is 2.28. The average Bonchev–Trinajstić information content (AvgIpc) is 2.49. The Morgan fingerprint density at radius 3 is 2.11 bits per heavy atom. The molecule has 0 bridgehead atoms. The topological polar surface area (TPSA) is 20.2 Å². The van der Waals surface area contributed by atoms with Crippen LogP contribution in [0.1, 0.15) is 23.7 Å². The third kappa shape index (κ3) is 3.80. The van der Waals surface area contributed by atoms with Crippen LogP contribution in [-0.4, -0.2) is 5.11 Å². The second-order valence-corrected chi connectivity index (χ2v) is 4.78. The molecule has 19 heavy (non-hydrogen) atoms. The van der Waals surface area contributed by atoms with Gasteiger partial charge in [0.2, 0.25) is 0 Å². The molecule has 0 radical (unpaired) electrons. The molecule has 0 aliphatic carbocycles. The molecule has 1 heteroatoms. The van der Waals surface area contributed by atoms with E-state index in [4.69, 9.17) is 0 Å². The van der Waals surface area contributed by atoms with Crippen LogP contribution in [0.15, 0.2) is 73.3 Å². The van der Waals surface area contributed by atoms with Crippen molar-refractivity contribution in [1.29, 1.82) is 0 Å². The minimum absolute atomic E-state index is 0.0857. The van der Waals surface area contributed by atoms with Gasteiger partial charge in [-0.05, 0) is 24.0 Å². The van der Waals surface area contributed by atoms with E-state index in [1.54, 1.807) is 0 Å². The summed E-state index contributed by atoms with van der Waals surface area (Å²) in [6.45, 7) is 3.86. The third-order valence-electron chi connectivity index (χ3n) is 3.46. The van der Waals surface area contributed by atoms with E-state index in [1.807, 2.05) is 54.6 Å². The van der Waals surface area contributed by atoms with Crippen molar-refractivity contribution in [2.75, 3.05) is 0 Å². The summed E-state index contributed by atoms with van der Waals surface area (Å²) in [5, 5.41) is 10.4. The van der Waals surface area contributed by atoms with Crippen molar-refractivity contribution in [1.82, 2.24) is 0 Å². The van der Waals surface area contributed by atoms with E-state index in [0.717, 1.165) is 18.4 Å². The number of aryl methyl sites for hydroxylation is 1. The number of aliphatic hydroxyl groups excluding tert-OH is 1. The molecule has 98 valence electrons. The number of benzene rings is 2. The maximum absolute atomic E-state index is 10.4. The zero-order valence-electron chi connectivity index (χ0n) is 11.1. The monoisotopic (exact) mass is 252 g/mol. The van der Waals surface area contributed by atoms with Crippen molar-refractivity contribution in [2.24, 2.45) is 5.92 Å². The van der Waals surface area contributed by atoms with Crippen LogP contribution in [0.3, 0.4) is 0 Å². The molecule has 0 saturated heterocycles. The quantitative estimate of drug-likeness (QED) is 0.765. The fraction of sp³-hybridized carbons (Fsp3) is 0.222. The van der Waals surface area contributed by atoms with Crippen LogP contribution in [0.5, 0.6) is 0 Å². The Labute approximate surface area is 115 Å². The van der Waals surface area contributed by atoms with E-state index < -0.39 is 6.10 Å². The maximum Gasteiger partial charge on any atom is 0.0852 e. The lowest BCUT2D eigenvalue weighted by molar-refractivity contribution is 0.127. The van der Waals surface area contributed by atoms with Gasteiger partial charge in [0.05, 0.1) is 6.10 Å². The van der Waals surface area contributed by atoms with E-state index in [0.29, 0.717) is 0 Å². The molecular weight excluding hydrogens is 232 g/mol. The molecule has 0 heterocycles. The first kappa shape index (κ1) is 13.6. The highest BCUT2D eigenvalue weighted by Gasteiger charge is 2.17. The largest absolute Gasteiger partial charge is 0.388 e. The maximum atomic E-state index is 10.4. The highest BCUT2D eigenvalue weighted by Crippen LogP contribution is 2.26. The number of hydrogen-bond acceptors (Lipinski definition) is 1. The van der Waals surface area contributed by atoms with Crippen molar-refractivity contribution in [3.8, 4) is 0 Å². The van der Waals surface area contributed by atoms with Crippen molar-refractivity contribution < 1.29 is 5.11 Å². The molecule has 2 atom stereocenters. The zero-order valence-corrected chi connectivity index (χ0v) is 11.1. The number of rotatable bonds is 6. The highest BCUT2D eigenvalue weighted by atomic mass is 16.3. The fourth-order valence-corrected chi connectivity index (χ4v) is 2.28. The second-order valence-electron chi connectivity index (χ2n) is 4.78. The van der Waals surface area contributed by atoms with Gasteiger partial charge in [-0.1, -0.05) is 66.7 Å². The van der Waals surface area contributed by atoms with Crippen LogP contribution in [0, 0.1) is 5.92 Å². The predicted molar refractivity (Wildman–Crippen MR) is 79.9 cm³/mol. The van der Waals surface area contributed by atoms with Gasteiger partial charge in [-0.15, -0.1) is 6.58 Å². The second kappa shape index (κ2) is 6.91. The summed E-state index contributed by atoms with van der Waals surface area (Å²) in [6, 6.07) is 20.2. The van der Waals surface area contributed by atoms with Gasteiger partial charge in [-0.3, -0.25) is 0 Å². The number of aliphatic hydroxyl groups is 1. The standard InChI is InChI=1S/C18H20O/c1-2-16(14-13-15-9-5-3-6-10-15)18(19)17-11-7-4-8-12-17/h2-12,16,18-19H,1,13-14H2/t16-,18-/m0/s1. The molecule has 2 aromatic rings. The number of hydrogen-bond donors (Lipinski definition) is 1. The van der Waals surface area contributed by atoms with E-state index in [2.05, 4.69) is 18.7 Å². The van der Waals surface area contributed by atoms with E-state index in [9.17, 15) is 5.11 Å². The summed E-state index contributed by atoms with van der Waals surface area (Å²) >= 11 is 0. The molecule has 1 nitrogen and oxygen atoms in total. The normalized spacial score (nSPS) is 13.7. The van der Waals surface area contributed by atoms with Gasteiger partial charge in [0.1, 0.15) is 0 Å². The van der Waals surface area contributed by atoms with E-state index in [1.165, 1.54) is 5.56 Å². The molecule has 0 unspecified atom stereocenters. The summed E-state index contributed by atoms with van der Waals surface area (Å²) in [7, 11) is 0. The molecule has 0 aliphatic rings. The predicted octanol–water partition coefficient (Wildman–Crippen LogP) is 4.16. The smallest absolute Gasteiger partial charge is 0.0852 e. The molecule has 2 aromatic carbocycles. The Bertz CT molecular complexity index is 490. The van der Waals surface area contributed by atoms with Crippen LogP contribution in [-0.2, 0) is 6.42 Å². The first-order valence-electron chi connectivity index (χ1n) is 6.70. The van der Waals surface area contributed by atoms with Gasteiger partial charge in [0, 0.05) is 5.92 Å². The first-order valence-corrected chi connectivity index (χ1v) is 6.70. The third-order valence-corrected chi connectivity index (χ3v) is 3.46. The van der Waals surface area contributed by atoms with Crippen LogP contribution in [0.25, 0.3) is 0 Å². The average molecular weight is 252 g/mol. The minimum atomic E-state index is -0.470. The van der Waals surface area contributed by atoms with Crippen molar-refractivity contribution in [2.45, 2.75) is 18.9 Å². The summed E-state index contributed by atoms with van der Waals surface area (Å²) < 4.78 is 0. The summed E-state index contributed by atoms with van der Waals surface area (Å²) in [4.78, 5) is 0. The van der Waals surface area contributed by atoms with Crippen LogP contribution < -0.4 is 0 Å². The van der Waals surface area contributed by atoms with Crippen molar-refractivity contribution >= 4 is 0 Å². The van der Waals surface area contributed by atoms with Gasteiger partial charge in [0.25, 0.3) is 0 Å². The summed E-state index contributed by atoms with van der Waals surface area (Å²) in [5.74, 6) is 0.0857. The van der Waals surface area contributed by atoms with Gasteiger partial charge < -0.3 is 5.11 Å². The van der Waals surface area contributed by atoms with Gasteiger partial charge in [-0.25, -0.2) is 0 Å². The molecule has 0 amide bonds. The van der Waals surface area contributed by atoms with E-state index >= 15 is 0 Å². The summed E-state index contributed by atoms with van der Waals surface area (Å²) in [5.41, 5.74) is 2.26. The SMILES string of the molecule is C=C[C@@H](CCc1ccccc1)[C@H](O)c1ccccc1. The lowest BCUT2D eigenvalue weighted by atomic mass is 9.90. The molecule has 0 aromatic heterocycles. The van der Waals surface area contributed by atoms with Crippen molar-refractivity contribution in [3.63, 3.8) is 0 Å². The Morgan fingerprint density at radius 2 is 1.53 bits per heavy atom. The van der Waals surface area contributed by atoms with Crippen LogP contribution in [0.2, 0.25) is 0 Å². The Hall–Kier alpha value is -1.86. The van der Waals surface area contributed by atoms with E-state index in [-0.39, 0.29) is 5.92 Å². The Kier molecular flexibility index (Phi) is 4.93. The molecule has 2 rings (SSSR count). The first-order chi connectivity index (χ1) is 9.31. The Morgan fingerprint density at radius 1 is 0.947 bits per heavy atom. The molecule has 0 saturated carbocycles. The molecule has 0 spiro atoms. The molecule has 0 aliphatic heterocycles. The lowest BCUT2D eigenvalue weighted by Gasteiger charge is -2.20. The highest BCUT2D eigenvalue weighted by molar-refractivity contribution is 5.20. The lowest BCUT2D eigenvalue weighted by Crippen LogP contribution is -2.11. The zero-order chi connectivity index (χ0) is 13.5. The molecule has 1 N–H and O–H groups in total. The molecule has 0 fully saturated rings. The summed E-state index contributed by atoms with van der Waals surface area (Å²) in [6.07, 6.45) is 3.26. The van der Waals surface area contributed by atoms with Gasteiger partial charge >= 0.3 is 0 Å². The minimum Gasteiger partial charge on any atom is -0.388 e. The van der Waals surface area contributed by atoms with Gasteiger partial charge in [-0.2, -0.15) is 0 Å². The van der Waals surface area contributed by atoms with Gasteiger partial charge in [0.15, 0.2) is 0 Å². The van der Waals surface area contributed by atoms with Crippen LogP contribution >= 0.6 is 0 Å². The van der Waals surface area contributed by atoms with Crippen LogP contribution in [0.4, 0.5) is 0 Å². The molecular formula is C18H20O. The Balaban J connectivity index is 1.99.